The molecule has 0 radical (unpaired) electrons. The van der Waals surface area contributed by atoms with Crippen LogP contribution in [0.5, 0.6) is 0 Å². The van der Waals surface area contributed by atoms with Gasteiger partial charge in [-0.3, -0.25) is 9.78 Å². The molecule has 1 fully saturated rings. The summed E-state index contributed by atoms with van der Waals surface area (Å²) < 4.78 is 0. The number of aromatic nitrogens is 1. The predicted molar refractivity (Wildman–Crippen MR) is 83.0 cm³/mol. The Hall–Kier alpha value is -0.680. The first-order valence-corrected chi connectivity index (χ1v) is 9.17. The molecule has 1 N–H and O–H groups in total. The zero-order chi connectivity index (χ0) is 13.3. The zero-order valence-corrected chi connectivity index (χ0v) is 12.6. The number of nitrogens with one attached hydrogen (secondary N) is 1. The molecule has 1 aliphatic heterocycles. The Morgan fingerprint density at radius 1 is 1.42 bits per heavy atom. The van der Waals surface area contributed by atoms with Gasteiger partial charge in [-0.1, -0.05) is 34.1 Å². The minimum atomic E-state index is 0.138. The summed E-state index contributed by atoms with van der Waals surface area (Å²) >= 11 is 0. The van der Waals surface area contributed by atoms with Gasteiger partial charge in [0.1, 0.15) is 0 Å². The number of carbonyl (C=O) groups is 1. The smallest absolute Gasteiger partial charge is 0.220 e. The van der Waals surface area contributed by atoms with E-state index in [1.165, 1.54) is 18.6 Å². The highest BCUT2D eigenvalue weighted by molar-refractivity contribution is 8.77. The van der Waals surface area contributed by atoms with Gasteiger partial charge < -0.3 is 5.32 Å². The summed E-state index contributed by atoms with van der Waals surface area (Å²) in [6.45, 7) is 0.536. The summed E-state index contributed by atoms with van der Waals surface area (Å²) in [6.07, 6.45) is 7.13. The summed E-state index contributed by atoms with van der Waals surface area (Å²) in [5.41, 5.74) is 0.912. The number of hydrogen-bond donors (Lipinski definition) is 1. The first-order valence-electron chi connectivity index (χ1n) is 6.79. The number of unbranched alkanes of at least 4 members (excludes halogenated alkanes) is 1. The normalized spacial score (nSPS) is 18.4. The average molecular weight is 296 g/mol. The Kier molecular flexibility index (Phi) is 6.57. The number of carbonyl (C=O) groups excluding carboxylic acids is 1. The molecule has 5 heteroatoms. The van der Waals surface area contributed by atoms with Crippen molar-refractivity contribution < 1.29 is 4.79 Å². The van der Waals surface area contributed by atoms with Crippen LogP contribution >= 0.6 is 21.6 Å². The van der Waals surface area contributed by atoms with Gasteiger partial charge in [0.05, 0.1) is 12.2 Å². The fourth-order valence-electron chi connectivity index (χ4n) is 2.00. The van der Waals surface area contributed by atoms with Gasteiger partial charge in [-0.2, -0.15) is 0 Å². The minimum absolute atomic E-state index is 0.138. The standard InChI is InChI=1S/C14H20N2OS2/c17-14(16-11-12-5-3-4-9-15-12)7-2-1-6-13-8-10-18-19-13/h3-5,9,13H,1-2,6-8,10-11H2,(H,16,17)/t13-/m1/s1. The lowest BCUT2D eigenvalue weighted by Crippen LogP contribution is -2.22. The van der Waals surface area contributed by atoms with Crippen molar-refractivity contribution in [2.45, 2.75) is 43.9 Å². The van der Waals surface area contributed by atoms with Crippen molar-refractivity contribution in [3.8, 4) is 0 Å². The van der Waals surface area contributed by atoms with Crippen molar-refractivity contribution in [1.29, 1.82) is 0 Å². The van der Waals surface area contributed by atoms with Gasteiger partial charge in [-0.15, -0.1) is 0 Å². The van der Waals surface area contributed by atoms with Gasteiger partial charge in [0, 0.05) is 23.6 Å². The number of nitrogens with zero attached hydrogens (tertiary/aromatic N) is 1. The van der Waals surface area contributed by atoms with E-state index in [1.807, 2.05) is 39.8 Å². The van der Waals surface area contributed by atoms with Crippen molar-refractivity contribution in [3.05, 3.63) is 30.1 Å². The van der Waals surface area contributed by atoms with E-state index in [-0.39, 0.29) is 5.91 Å². The maximum atomic E-state index is 11.7. The third-order valence-electron chi connectivity index (χ3n) is 3.10. The largest absolute Gasteiger partial charge is 0.350 e. The summed E-state index contributed by atoms with van der Waals surface area (Å²) in [6, 6.07) is 5.74. The van der Waals surface area contributed by atoms with Crippen molar-refractivity contribution in [2.24, 2.45) is 0 Å². The Labute approximate surface area is 122 Å². The fraction of sp³-hybridized carbons (Fsp3) is 0.571. The number of pyridine rings is 1. The molecule has 0 spiro atoms. The van der Waals surface area contributed by atoms with Crippen LogP contribution in [0.3, 0.4) is 0 Å². The van der Waals surface area contributed by atoms with Crippen molar-refractivity contribution in [2.75, 3.05) is 5.75 Å². The Morgan fingerprint density at radius 3 is 3.11 bits per heavy atom. The lowest BCUT2D eigenvalue weighted by atomic mass is 10.1. The molecular weight excluding hydrogens is 276 g/mol. The molecule has 1 aromatic heterocycles. The summed E-state index contributed by atoms with van der Waals surface area (Å²) in [7, 11) is 4.00. The highest BCUT2D eigenvalue weighted by Crippen LogP contribution is 2.39. The van der Waals surface area contributed by atoms with E-state index >= 15 is 0 Å². The highest BCUT2D eigenvalue weighted by Gasteiger charge is 2.15. The number of amides is 1. The second-order valence-electron chi connectivity index (χ2n) is 4.67. The summed E-state index contributed by atoms with van der Waals surface area (Å²) in [5, 5.41) is 3.74. The Bertz CT molecular complexity index is 380. The second-order valence-corrected chi connectivity index (χ2v) is 7.46. The van der Waals surface area contributed by atoms with Crippen LogP contribution in [0.15, 0.2) is 24.4 Å². The van der Waals surface area contributed by atoms with Gasteiger partial charge in [-0.25, -0.2) is 0 Å². The topological polar surface area (TPSA) is 42.0 Å². The lowest BCUT2D eigenvalue weighted by Gasteiger charge is -2.07. The lowest BCUT2D eigenvalue weighted by molar-refractivity contribution is -0.121. The molecule has 2 rings (SSSR count). The first-order chi connectivity index (χ1) is 9.34. The Morgan fingerprint density at radius 2 is 2.37 bits per heavy atom. The van der Waals surface area contributed by atoms with Gasteiger partial charge in [-0.05, 0) is 31.4 Å². The van der Waals surface area contributed by atoms with Crippen LogP contribution in [-0.4, -0.2) is 21.9 Å². The van der Waals surface area contributed by atoms with Crippen LogP contribution in [0.25, 0.3) is 0 Å². The van der Waals surface area contributed by atoms with E-state index in [4.69, 9.17) is 0 Å². The molecule has 1 aliphatic rings. The van der Waals surface area contributed by atoms with Crippen molar-refractivity contribution in [1.82, 2.24) is 10.3 Å². The average Bonchev–Trinajstić information content (AvgIpc) is 2.96. The molecule has 0 bridgehead atoms. The predicted octanol–water partition coefficient (Wildman–Crippen LogP) is 3.41. The number of hydrogen-bond acceptors (Lipinski definition) is 4. The maximum Gasteiger partial charge on any atom is 0.220 e. The second kappa shape index (κ2) is 8.48. The SMILES string of the molecule is O=C(CCCC[C@@H]1CCSS1)NCc1ccccn1. The molecule has 1 amide bonds. The third kappa shape index (κ3) is 5.87. The van der Waals surface area contributed by atoms with Gasteiger partial charge in [0.2, 0.25) is 5.91 Å². The third-order valence-corrected chi connectivity index (χ3v) is 6.11. The molecule has 0 aromatic carbocycles. The van der Waals surface area contributed by atoms with E-state index in [9.17, 15) is 4.79 Å². The van der Waals surface area contributed by atoms with Gasteiger partial charge in [0.25, 0.3) is 0 Å². The van der Waals surface area contributed by atoms with Crippen LogP contribution in [0.1, 0.15) is 37.8 Å². The summed E-state index contributed by atoms with van der Waals surface area (Å²) in [5.74, 6) is 1.43. The number of rotatable bonds is 7. The van der Waals surface area contributed by atoms with E-state index in [0.29, 0.717) is 13.0 Å². The Balaban J connectivity index is 1.52. The van der Waals surface area contributed by atoms with Crippen molar-refractivity contribution >= 4 is 27.5 Å². The van der Waals surface area contributed by atoms with Crippen LogP contribution < -0.4 is 5.32 Å². The van der Waals surface area contributed by atoms with Crippen molar-refractivity contribution in [3.63, 3.8) is 0 Å². The molecule has 19 heavy (non-hydrogen) atoms. The van der Waals surface area contributed by atoms with Crippen LogP contribution in [0.2, 0.25) is 0 Å². The minimum Gasteiger partial charge on any atom is -0.350 e. The van der Waals surface area contributed by atoms with E-state index in [2.05, 4.69) is 10.3 Å². The van der Waals surface area contributed by atoms with Gasteiger partial charge in [0.15, 0.2) is 0 Å². The highest BCUT2D eigenvalue weighted by atomic mass is 33.1. The first kappa shape index (κ1) is 14.7. The molecule has 0 unspecified atom stereocenters. The van der Waals surface area contributed by atoms with E-state index < -0.39 is 0 Å². The van der Waals surface area contributed by atoms with E-state index in [1.54, 1.807) is 6.20 Å². The monoisotopic (exact) mass is 296 g/mol. The molecule has 0 aliphatic carbocycles. The molecular formula is C14H20N2OS2. The zero-order valence-electron chi connectivity index (χ0n) is 11.0. The summed E-state index contributed by atoms with van der Waals surface area (Å²) in [4.78, 5) is 15.8. The van der Waals surface area contributed by atoms with Crippen LogP contribution in [0, 0.1) is 0 Å². The van der Waals surface area contributed by atoms with Crippen LogP contribution in [-0.2, 0) is 11.3 Å². The molecule has 104 valence electrons. The van der Waals surface area contributed by atoms with Gasteiger partial charge >= 0.3 is 0 Å². The molecule has 1 aromatic rings. The quantitative estimate of drug-likeness (QED) is 0.618. The maximum absolute atomic E-state index is 11.7. The molecule has 1 atom stereocenters. The molecule has 2 heterocycles. The molecule has 0 saturated carbocycles. The van der Waals surface area contributed by atoms with Crippen LogP contribution in [0.4, 0.5) is 0 Å². The molecule has 3 nitrogen and oxygen atoms in total. The van der Waals surface area contributed by atoms with E-state index in [0.717, 1.165) is 23.8 Å². The molecule has 1 saturated heterocycles. The fourth-order valence-corrected chi connectivity index (χ4v) is 5.03.